The summed E-state index contributed by atoms with van der Waals surface area (Å²) in [6.07, 6.45) is -1.11. The van der Waals surface area contributed by atoms with E-state index in [0.717, 1.165) is 0 Å². The van der Waals surface area contributed by atoms with Crippen molar-refractivity contribution < 1.29 is 37.3 Å². The topological polar surface area (TPSA) is 145 Å². The quantitative estimate of drug-likeness (QED) is 0.315. The maximum atomic E-state index is 15.3. The van der Waals surface area contributed by atoms with Gasteiger partial charge in [-0.3, -0.25) is 9.36 Å². The Morgan fingerprint density at radius 2 is 1.91 bits per heavy atom. The number of benzene rings is 2. The molecule has 0 aliphatic carbocycles. The minimum atomic E-state index is -1.04. The standard InChI is InChI=1S/C32H39FN4O8/c1-32(2,3)45-30(39)36-10-5-12-43-28(20-36)29(38)35-24(19-34)16-23-7-6-21(17-25(23)33)22-8-9-27-26(18-22)37(31(40)44-27)11-13-42-15-14-41-4/h6-9,17-18,24,28H,5,10-16,20H2,1-4H3,(H,35,38)/t24-,28-/m0/s1. The SMILES string of the molecule is COCCOCCn1c(=O)oc2ccc(-c3ccc(C[C@@H](C#N)NC(=O)[C@@H]4CN(C(=O)OC(C)(C)C)CCCO4)c(F)c3)cc21. The Balaban J connectivity index is 1.42. The number of carbonyl (C=O) groups is 2. The van der Waals surface area contributed by atoms with Crippen LogP contribution in [0.15, 0.2) is 45.6 Å². The van der Waals surface area contributed by atoms with Crippen molar-refractivity contribution in [2.45, 2.75) is 57.9 Å². The van der Waals surface area contributed by atoms with Crippen molar-refractivity contribution in [3.05, 3.63) is 58.3 Å². The highest BCUT2D eigenvalue weighted by atomic mass is 19.1. The molecule has 1 saturated heterocycles. The third-order valence-corrected chi connectivity index (χ3v) is 7.06. The van der Waals surface area contributed by atoms with Crippen molar-refractivity contribution >= 4 is 23.1 Å². The highest BCUT2D eigenvalue weighted by molar-refractivity contribution is 5.83. The number of oxazole rings is 1. The molecule has 2 amide bonds. The van der Waals surface area contributed by atoms with Gasteiger partial charge in [0.25, 0.3) is 5.91 Å². The van der Waals surface area contributed by atoms with Gasteiger partial charge < -0.3 is 33.6 Å². The van der Waals surface area contributed by atoms with Gasteiger partial charge in [-0.25, -0.2) is 14.0 Å². The van der Waals surface area contributed by atoms with Crippen LogP contribution >= 0.6 is 0 Å². The van der Waals surface area contributed by atoms with E-state index >= 15 is 4.39 Å². The zero-order chi connectivity index (χ0) is 32.6. The first-order chi connectivity index (χ1) is 21.5. The molecular weight excluding hydrogens is 587 g/mol. The Morgan fingerprint density at radius 1 is 1.16 bits per heavy atom. The van der Waals surface area contributed by atoms with Gasteiger partial charge in [-0.05, 0) is 62.1 Å². The van der Waals surface area contributed by atoms with E-state index in [2.05, 4.69) is 5.32 Å². The summed E-state index contributed by atoms with van der Waals surface area (Å²) >= 11 is 0. The Hall–Kier alpha value is -4.25. The highest BCUT2D eigenvalue weighted by Gasteiger charge is 2.31. The largest absolute Gasteiger partial charge is 0.444 e. The molecule has 2 aromatic carbocycles. The molecule has 1 aliphatic heterocycles. The van der Waals surface area contributed by atoms with E-state index in [-0.39, 0.29) is 38.3 Å². The number of hydrogen-bond acceptors (Lipinski definition) is 9. The number of fused-ring (bicyclic) bond motifs is 1. The number of carbonyl (C=O) groups excluding carboxylic acids is 2. The van der Waals surface area contributed by atoms with Gasteiger partial charge in [0.05, 0.1) is 44.5 Å². The molecule has 2 atom stereocenters. The number of ether oxygens (including phenoxy) is 4. The normalized spacial score (nSPS) is 16.2. The Labute approximate surface area is 260 Å². The van der Waals surface area contributed by atoms with Crippen molar-refractivity contribution in [2.75, 3.05) is 46.6 Å². The van der Waals surface area contributed by atoms with Crippen LogP contribution in [-0.4, -0.2) is 85.8 Å². The van der Waals surface area contributed by atoms with E-state index in [1.165, 1.54) is 15.5 Å². The third-order valence-electron chi connectivity index (χ3n) is 7.06. The van der Waals surface area contributed by atoms with Gasteiger partial charge in [-0.2, -0.15) is 5.26 Å². The van der Waals surface area contributed by atoms with Gasteiger partial charge in [0, 0.05) is 26.7 Å². The van der Waals surface area contributed by atoms with E-state index in [1.54, 1.807) is 58.2 Å². The van der Waals surface area contributed by atoms with E-state index in [0.29, 0.717) is 48.4 Å². The molecule has 3 aromatic rings. The van der Waals surface area contributed by atoms with E-state index in [9.17, 15) is 19.6 Å². The molecule has 4 rings (SSSR count). The monoisotopic (exact) mass is 626 g/mol. The predicted octanol–water partition coefficient (Wildman–Crippen LogP) is 3.64. The second kappa shape index (κ2) is 15.2. The molecule has 0 unspecified atom stereocenters. The summed E-state index contributed by atoms with van der Waals surface area (Å²) in [5, 5.41) is 12.4. The molecule has 0 spiro atoms. The van der Waals surface area contributed by atoms with Crippen molar-refractivity contribution in [1.82, 2.24) is 14.8 Å². The second-order valence-corrected chi connectivity index (χ2v) is 11.6. The van der Waals surface area contributed by atoms with Crippen LogP contribution in [0.25, 0.3) is 22.2 Å². The molecule has 45 heavy (non-hydrogen) atoms. The minimum Gasteiger partial charge on any atom is -0.444 e. The fourth-order valence-corrected chi connectivity index (χ4v) is 4.84. The molecule has 1 fully saturated rings. The van der Waals surface area contributed by atoms with E-state index < -0.39 is 41.3 Å². The number of nitriles is 1. The van der Waals surface area contributed by atoms with Gasteiger partial charge in [-0.1, -0.05) is 18.2 Å². The van der Waals surface area contributed by atoms with Gasteiger partial charge in [0.2, 0.25) is 0 Å². The molecule has 2 heterocycles. The summed E-state index contributed by atoms with van der Waals surface area (Å²) < 4.78 is 43.6. The number of nitrogens with one attached hydrogen (secondary N) is 1. The fourth-order valence-electron chi connectivity index (χ4n) is 4.84. The maximum Gasteiger partial charge on any atom is 0.420 e. The zero-order valence-electron chi connectivity index (χ0n) is 26.0. The number of hydrogen-bond donors (Lipinski definition) is 1. The minimum absolute atomic E-state index is 0.0301. The number of aromatic nitrogens is 1. The molecule has 12 nitrogen and oxygen atoms in total. The lowest BCUT2D eigenvalue weighted by atomic mass is 10.00. The van der Waals surface area contributed by atoms with E-state index in [1.807, 2.05) is 6.07 Å². The lowest BCUT2D eigenvalue weighted by Crippen LogP contribution is -2.48. The van der Waals surface area contributed by atoms with Crippen LogP contribution in [0, 0.1) is 17.1 Å². The van der Waals surface area contributed by atoms with Gasteiger partial charge in [-0.15, -0.1) is 0 Å². The molecule has 1 N–H and O–H groups in total. The first-order valence-electron chi connectivity index (χ1n) is 14.8. The first kappa shape index (κ1) is 33.6. The predicted molar refractivity (Wildman–Crippen MR) is 162 cm³/mol. The van der Waals surface area contributed by atoms with Crippen LogP contribution < -0.4 is 11.1 Å². The first-order valence-corrected chi connectivity index (χ1v) is 14.8. The molecule has 0 radical (unpaired) electrons. The van der Waals surface area contributed by atoms with Crippen LogP contribution in [0.3, 0.4) is 0 Å². The Morgan fingerprint density at radius 3 is 2.62 bits per heavy atom. The van der Waals surface area contributed by atoms with Crippen LogP contribution in [0.5, 0.6) is 0 Å². The van der Waals surface area contributed by atoms with Crippen LogP contribution in [0.1, 0.15) is 32.8 Å². The maximum absolute atomic E-state index is 15.3. The lowest BCUT2D eigenvalue weighted by Gasteiger charge is -2.27. The summed E-state index contributed by atoms with van der Waals surface area (Å²) in [5.41, 5.74) is 1.71. The van der Waals surface area contributed by atoms with Crippen molar-refractivity contribution in [2.24, 2.45) is 0 Å². The van der Waals surface area contributed by atoms with E-state index in [4.69, 9.17) is 23.4 Å². The summed E-state index contributed by atoms with van der Waals surface area (Å²) in [5.74, 6) is -1.65. The number of rotatable bonds is 11. The molecule has 1 aliphatic rings. The highest BCUT2D eigenvalue weighted by Crippen LogP contribution is 2.26. The summed E-state index contributed by atoms with van der Waals surface area (Å²) in [6, 6.07) is 10.7. The third kappa shape index (κ3) is 9.13. The summed E-state index contributed by atoms with van der Waals surface area (Å²) in [7, 11) is 1.58. The Kier molecular flexibility index (Phi) is 11.3. The molecule has 242 valence electrons. The van der Waals surface area contributed by atoms with Gasteiger partial charge >= 0.3 is 11.8 Å². The Bertz CT molecular complexity index is 1590. The number of methoxy groups -OCH3 is 1. The van der Waals surface area contributed by atoms with Crippen molar-refractivity contribution in [1.29, 1.82) is 5.26 Å². The number of halogens is 1. The molecule has 13 heteroatoms. The lowest BCUT2D eigenvalue weighted by molar-refractivity contribution is -0.133. The van der Waals surface area contributed by atoms with Crippen LogP contribution in [0.4, 0.5) is 9.18 Å². The smallest absolute Gasteiger partial charge is 0.420 e. The van der Waals surface area contributed by atoms with Crippen LogP contribution in [-0.2, 0) is 36.7 Å². The fraction of sp³-hybridized carbons (Fsp3) is 0.500. The summed E-state index contributed by atoms with van der Waals surface area (Å²) in [4.78, 5) is 39.4. The zero-order valence-corrected chi connectivity index (χ0v) is 26.0. The van der Waals surface area contributed by atoms with Gasteiger partial charge in [0.1, 0.15) is 17.5 Å². The molecule has 0 bridgehead atoms. The van der Waals surface area contributed by atoms with Crippen LogP contribution in [0.2, 0.25) is 0 Å². The molecular formula is C32H39FN4O8. The summed E-state index contributed by atoms with van der Waals surface area (Å²) in [6.45, 7) is 7.27. The average molecular weight is 627 g/mol. The second-order valence-electron chi connectivity index (χ2n) is 11.6. The molecule has 1 aromatic heterocycles. The van der Waals surface area contributed by atoms with Crippen molar-refractivity contribution in [3.8, 4) is 17.2 Å². The molecule has 0 saturated carbocycles. The van der Waals surface area contributed by atoms with Gasteiger partial charge in [0.15, 0.2) is 11.7 Å². The number of amides is 2. The average Bonchev–Trinajstić information content (AvgIpc) is 3.14. The number of nitrogens with zero attached hydrogens (tertiary/aromatic N) is 3. The van der Waals surface area contributed by atoms with Crippen molar-refractivity contribution in [3.63, 3.8) is 0 Å².